The van der Waals surface area contributed by atoms with E-state index in [2.05, 4.69) is 31.1 Å². The molecule has 0 aromatic heterocycles. The molecule has 0 atom stereocenters. The summed E-state index contributed by atoms with van der Waals surface area (Å²) in [6.45, 7) is 0. The Morgan fingerprint density at radius 2 is 1.89 bits per heavy atom. The van der Waals surface area contributed by atoms with Gasteiger partial charge in [-0.15, -0.1) is 11.8 Å². The summed E-state index contributed by atoms with van der Waals surface area (Å²) in [6.07, 6.45) is 8.48. The summed E-state index contributed by atoms with van der Waals surface area (Å²) < 4.78 is 0. The Hall–Kier alpha value is 0.0900. The third-order valence-corrected chi connectivity index (χ3v) is 2.43. The summed E-state index contributed by atoms with van der Waals surface area (Å²) in [4.78, 5) is 0. The summed E-state index contributed by atoms with van der Waals surface area (Å²) in [6, 6.07) is 0. The molecular formula is C8H7S. The van der Waals surface area contributed by atoms with Gasteiger partial charge in [0, 0.05) is 11.7 Å². The Kier molecular flexibility index (Phi) is 1.54. The van der Waals surface area contributed by atoms with Crippen molar-refractivity contribution in [2.45, 2.75) is 0 Å². The molecule has 1 aliphatic heterocycles. The zero-order valence-electron chi connectivity index (χ0n) is 5.00. The van der Waals surface area contributed by atoms with Gasteiger partial charge in [0.25, 0.3) is 0 Å². The number of thioether (sulfide) groups is 1. The molecule has 9 heavy (non-hydrogen) atoms. The molecule has 0 N–H and O–H groups in total. The van der Waals surface area contributed by atoms with E-state index in [0.29, 0.717) is 0 Å². The van der Waals surface area contributed by atoms with Gasteiger partial charge in [-0.2, -0.15) is 0 Å². The van der Waals surface area contributed by atoms with Gasteiger partial charge in [-0.05, 0) is 36.7 Å². The molecule has 0 spiro atoms. The highest BCUT2D eigenvalue weighted by Gasteiger charge is 2.23. The second kappa shape index (κ2) is 2.37. The summed E-state index contributed by atoms with van der Waals surface area (Å²) in [5.41, 5.74) is 1.49. The maximum absolute atomic E-state index is 2.22. The summed E-state index contributed by atoms with van der Waals surface area (Å²) in [5.74, 6) is 2.60. The first-order chi connectivity index (χ1) is 4.47. The van der Waals surface area contributed by atoms with Crippen molar-refractivity contribution in [2.24, 2.45) is 0 Å². The third kappa shape index (κ3) is 1.03. The molecule has 1 aliphatic carbocycles. The lowest BCUT2D eigenvalue weighted by Crippen LogP contribution is -2.04. The van der Waals surface area contributed by atoms with Crippen molar-refractivity contribution in [1.29, 1.82) is 0 Å². The van der Waals surface area contributed by atoms with E-state index in [0.717, 1.165) is 0 Å². The maximum atomic E-state index is 2.22. The van der Waals surface area contributed by atoms with Gasteiger partial charge in [-0.1, -0.05) is 0 Å². The Bertz CT molecular complexity index is 132. The van der Waals surface area contributed by atoms with Gasteiger partial charge in [-0.3, -0.25) is 0 Å². The van der Waals surface area contributed by atoms with Crippen LogP contribution in [0.15, 0.2) is 11.0 Å². The van der Waals surface area contributed by atoms with Crippen LogP contribution in [0.1, 0.15) is 0 Å². The van der Waals surface area contributed by atoms with E-state index in [1.807, 2.05) is 11.8 Å². The van der Waals surface area contributed by atoms with Gasteiger partial charge in [0.05, 0.1) is 0 Å². The van der Waals surface area contributed by atoms with Gasteiger partial charge in [-0.25, -0.2) is 0 Å². The van der Waals surface area contributed by atoms with Crippen LogP contribution in [0.25, 0.3) is 0 Å². The zero-order valence-corrected chi connectivity index (χ0v) is 5.82. The van der Waals surface area contributed by atoms with Crippen molar-refractivity contribution in [3.05, 3.63) is 42.6 Å². The van der Waals surface area contributed by atoms with Crippen LogP contribution in [0.2, 0.25) is 0 Å². The smallest absolute Gasteiger partial charge is 0.0199 e. The largest absolute Gasteiger partial charge is 0.130 e. The van der Waals surface area contributed by atoms with Crippen LogP contribution in [-0.2, 0) is 0 Å². The van der Waals surface area contributed by atoms with Gasteiger partial charge in [0.2, 0.25) is 0 Å². The molecule has 2 rings (SSSR count). The fourth-order valence-corrected chi connectivity index (χ4v) is 1.54. The minimum atomic E-state index is 1.20. The van der Waals surface area contributed by atoms with Crippen molar-refractivity contribution in [2.75, 3.05) is 5.75 Å². The van der Waals surface area contributed by atoms with Crippen LogP contribution in [0, 0.1) is 31.6 Å². The Balaban J connectivity index is 1.96. The van der Waals surface area contributed by atoms with Crippen LogP contribution >= 0.6 is 11.8 Å². The monoisotopic (exact) mass is 135 g/mol. The van der Waals surface area contributed by atoms with E-state index in [1.165, 1.54) is 17.2 Å². The summed E-state index contributed by atoms with van der Waals surface area (Å²) in [5, 5.41) is 2.22. The molecule has 0 nitrogen and oxygen atoms in total. The van der Waals surface area contributed by atoms with Gasteiger partial charge in [0.15, 0.2) is 0 Å². The topological polar surface area (TPSA) is 0 Å². The lowest BCUT2D eigenvalue weighted by atomic mass is 10.0. The number of rotatable bonds is 1. The lowest BCUT2D eigenvalue weighted by molar-refractivity contribution is 1.23. The van der Waals surface area contributed by atoms with Crippen LogP contribution in [0.3, 0.4) is 0 Å². The molecule has 0 bridgehead atoms. The Morgan fingerprint density at radius 3 is 2.33 bits per heavy atom. The third-order valence-electron chi connectivity index (χ3n) is 1.50. The Labute approximate surface area is 60.7 Å². The van der Waals surface area contributed by atoms with Crippen LogP contribution < -0.4 is 0 Å². The van der Waals surface area contributed by atoms with Gasteiger partial charge in [0.1, 0.15) is 0 Å². The first-order valence-electron chi connectivity index (χ1n) is 2.99. The average Bonchev–Trinajstić information content (AvgIpc) is 2.11. The average molecular weight is 135 g/mol. The molecule has 2 aliphatic rings. The Morgan fingerprint density at radius 1 is 1.22 bits per heavy atom. The van der Waals surface area contributed by atoms with Crippen LogP contribution in [-0.4, -0.2) is 5.75 Å². The molecular weight excluding hydrogens is 128 g/mol. The van der Waals surface area contributed by atoms with E-state index in [-0.39, 0.29) is 0 Å². The van der Waals surface area contributed by atoms with Crippen molar-refractivity contribution < 1.29 is 0 Å². The predicted octanol–water partition coefficient (Wildman–Crippen LogP) is 2.02. The molecule has 0 saturated heterocycles. The second-order valence-corrected chi connectivity index (χ2v) is 2.99. The standard InChI is InChI=1S/C8H7S/c1-2-4-7(3-1)8-5-9-6-8/h1-5H,6H2. The molecule has 1 heteroatoms. The van der Waals surface area contributed by atoms with E-state index >= 15 is 0 Å². The molecule has 1 saturated carbocycles. The summed E-state index contributed by atoms with van der Waals surface area (Å²) in [7, 11) is 0. The highest BCUT2D eigenvalue weighted by molar-refractivity contribution is 8.03. The maximum Gasteiger partial charge on any atom is 0.0199 e. The predicted molar refractivity (Wildman–Crippen MR) is 41.0 cm³/mol. The van der Waals surface area contributed by atoms with Crippen LogP contribution in [0.5, 0.6) is 0 Å². The SMILES string of the molecule is [CH]1[CH][CH][C](C2=CSC2)[CH]1. The van der Waals surface area contributed by atoms with E-state index in [9.17, 15) is 0 Å². The number of hydrogen-bond donors (Lipinski definition) is 0. The quantitative estimate of drug-likeness (QED) is 0.530. The van der Waals surface area contributed by atoms with E-state index in [1.54, 1.807) is 0 Å². The normalized spacial score (nSPS) is 27.8. The first-order valence-corrected chi connectivity index (χ1v) is 4.04. The van der Waals surface area contributed by atoms with Crippen molar-refractivity contribution in [1.82, 2.24) is 0 Å². The van der Waals surface area contributed by atoms with Crippen molar-refractivity contribution in [3.63, 3.8) is 0 Å². The summed E-state index contributed by atoms with van der Waals surface area (Å²) >= 11 is 1.88. The molecule has 0 amide bonds. The molecule has 5 radical (unpaired) electrons. The molecule has 45 valence electrons. The van der Waals surface area contributed by atoms with Gasteiger partial charge >= 0.3 is 0 Å². The fourth-order valence-electron chi connectivity index (χ4n) is 0.906. The highest BCUT2D eigenvalue weighted by Crippen LogP contribution is 2.38. The molecule has 1 heterocycles. The van der Waals surface area contributed by atoms with Crippen molar-refractivity contribution >= 4 is 11.8 Å². The van der Waals surface area contributed by atoms with E-state index in [4.69, 9.17) is 0 Å². The van der Waals surface area contributed by atoms with Gasteiger partial charge < -0.3 is 0 Å². The van der Waals surface area contributed by atoms with E-state index < -0.39 is 0 Å². The number of hydrogen-bond acceptors (Lipinski definition) is 1. The minimum Gasteiger partial charge on any atom is -0.130 e. The molecule has 0 aromatic rings. The highest BCUT2D eigenvalue weighted by atomic mass is 32.2. The fraction of sp³-hybridized carbons (Fsp3) is 0.125. The lowest BCUT2D eigenvalue weighted by Gasteiger charge is -2.18. The molecule has 1 fully saturated rings. The second-order valence-electron chi connectivity index (χ2n) is 2.13. The van der Waals surface area contributed by atoms with Crippen LogP contribution in [0.4, 0.5) is 0 Å². The first kappa shape index (κ1) is 5.84. The molecule has 0 unspecified atom stereocenters. The van der Waals surface area contributed by atoms with Crippen molar-refractivity contribution in [3.8, 4) is 0 Å². The zero-order chi connectivity index (χ0) is 6.10. The minimum absolute atomic E-state index is 1.20. The molecule has 0 aromatic carbocycles.